The molecular formula is C26H32FN3. The number of nitrogen functional groups attached to an aromatic ring is 1. The van der Waals surface area contributed by atoms with Gasteiger partial charge in [0.2, 0.25) is 0 Å². The van der Waals surface area contributed by atoms with Crippen LogP contribution in [0.2, 0.25) is 0 Å². The van der Waals surface area contributed by atoms with Crippen molar-refractivity contribution in [2.24, 2.45) is 9.98 Å². The maximum atomic E-state index is 13.0. The van der Waals surface area contributed by atoms with Crippen molar-refractivity contribution in [1.82, 2.24) is 0 Å². The number of rotatable bonds is 8. The Bertz CT molecular complexity index is 951. The standard InChI is InChI=1S/C26H32FN3/c1-5-22(25-18-19(3)9-16-26(25)28)8-7-17-29-20(4)30-24(6-2)15-12-21-10-13-23(27)14-11-21/h5-6,9-11,13-14,16-18H,7-8,12,15,28H2,1-4H3/b22-5+,24-6-,29-17-,30-20+. The van der Waals surface area contributed by atoms with Gasteiger partial charge in [0.1, 0.15) is 11.7 Å². The molecule has 0 bridgehead atoms. The molecule has 0 unspecified atom stereocenters. The first-order valence-electron chi connectivity index (χ1n) is 10.4. The molecule has 30 heavy (non-hydrogen) atoms. The third kappa shape index (κ3) is 7.43. The molecule has 0 aromatic heterocycles. The SMILES string of the molecule is C\C=C(CCc1ccc(F)cc1)/N=C(C)/N=C\CC/C(=C\C)c1cc(C)ccc1N. The third-order valence-corrected chi connectivity index (χ3v) is 4.95. The van der Waals surface area contributed by atoms with Crippen molar-refractivity contribution in [3.05, 3.63) is 82.8 Å². The second-order valence-electron chi connectivity index (χ2n) is 7.32. The van der Waals surface area contributed by atoms with Crippen molar-refractivity contribution in [1.29, 1.82) is 0 Å². The molecule has 0 amide bonds. The minimum atomic E-state index is -0.209. The third-order valence-electron chi connectivity index (χ3n) is 4.95. The highest BCUT2D eigenvalue weighted by atomic mass is 19.1. The predicted molar refractivity (Wildman–Crippen MR) is 129 cm³/mol. The smallest absolute Gasteiger partial charge is 0.125 e. The van der Waals surface area contributed by atoms with Gasteiger partial charge >= 0.3 is 0 Å². The summed E-state index contributed by atoms with van der Waals surface area (Å²) in [5.74, 6) is 0.527. The van der Waals surface area contributed by atoms with Crippen molar-refractivity contribution in [3.63, 3.8) is 0 Å². The number of hydrogen-bond acceptors (Lipinski definition) is 2. The van der Waals surface area contributed by atoms with E-state index < -0.39 is 0 Å². The van der Waals surface area contributed by atoms with Crippen LogP contribution in [0.4, 0.5) is 10.1 Å². The number of nitrogens with two attached hydrogens (primary N) is 1. The first-order valence-corrected chi connectivity index (χ1v) is 10.4. The normalized spacial score (nSPS) is 13.3. The van der Waals surface area contributed by atoms with Crippen molar-refractivity contribution < 1.29 is 4.39 Å². The number of anilines is 1. The number of amidine groups is 1. The average molecular weight is 406 g/mol. The van der Waals surface area contributed by atoms with Crippen LogP contribution in [-0.2, 0) is 6.42 Å². The van der Waals surface area contributed by atoms with Gasteiger partial charge in [-0.2, -0.15) is 0 Å². The lowest BCUT2D eigenvalue weighted by Gasteiger charge is -2.10. The van der Waals surface area contributed by atoms with E-state index in [1.54, 1.807) is 0 Å². The molecule has 158 valence electrons. The molecule has 2 aromatic rings. The summed E-state index contributed by atoms with van der Waals surface area (Å²) < 4.78 is 13.0. The molecule has 0 spiro atoms. The summed E-state index contributed by atoms with van der Waals surface area (Å²) in [5.41, 5.74) is 12.6. The van der Waals surface area contributed by atoms with Crippen LogP contribution in [0.5, 0.6) is 0 Å². The van der Waals surface area contributed by atoms with Gasteiger partial charge in [0.05, 0.1) is 0 Å². The molecule has 0 radical (unpaired) electrons. The Morgan fingerprint density at radius 2 is 1.77 bits per heavy atom. The van der Waals surface area contributed by atoms with Crippen LogP contribution in [0.3, 0.4) is 0 Å². The van der Waals surface area contributed by atoms with Gasteiger partial charge in [-0.15, -0.1) is 0 Å². The number of aryl methyl sites for hydroxylation is 2. The van der Waals surface area contributed by atoms with E-state index in [9.17, 15) is 4.39 Å². The van der Waals surface area contributed by atoms with Crippen molar-refractivity contribution >= 4 is 23.3 Å². The Kier molecular flexibility index (Phi) is 9.20. The maximum absolute atomic E-state index is 13.0. The summed E-state index contributed by atoms with van der Waals surface area (Å²) >= 11 is 0. The van der Waals surface area contributed by atoms with Crippen LogP contribution in [-0.4, -0.2) is 12.1 Å². The lowest BCUT2D eigenvalue weighted by atomic mass is 9.98. The van der Waals surface area contributed by atoms with Crippen LogP contribution >= 0.6 is 0 Å². The molecule has 0 saturated heterocycles. The first-order chi connectivity index (χ1) is 14.4. The number of allylic oxidation sites excluding steroid dienone is 4. The minimum absolute atomic E-state index is 0.209. The molecule has 2 rings (SSSR count). The van der Waals surface area contributed by atoms with Gasteiger partial charge in [-0.3, -0.25) is 0 Å². The van der Waals surface area contributed by atoms with Crippen molar-refractivity contribution in [2.75, 3.05) is 5.73 Å². The lowest BCUT2D eigenvalue weighted by molar-refractivity contribution is 0.627. The molecule has 0 saturated carbocycles. The molecular weight excluding hydrogens is 373 g/mol. The van der Waals surface area contributed by atoms with Crippen LogP contribution in [0, 0.1) is 12.7 Å². The van der Waals surface area contributed by atoms with Crippen LogP contribution in [0.25, 0.3) is 5.57 Å². The second-order valence-corrected chi connectivity index (χ2v) is 7.32. The van der Waals surface area contributed by atoms with E-state index in [1.807, 2.05) is 57.3 Å². The summed E-state index contributed by atoms with van der Waals surface area (Å²) in [6.45, 7) is 8.00. The van der Waals surface area contributed by atoms with Crippen molar-refractivity contribution in [3.8, 4) is 0 Å². The molecule has 0 atom stereocenters. The molecule has 0 aliphatic carbocycles. The Balaban J connectivity index is 1.90. The van der Waals surface area contributed by atoms with E-state index in [0.717, 1.165) is 54.0 Å². The molecule has 0 aliphatic heterocycles. The van der Waals surface area contributed by atoms with E-state index in [1.165, 1.54) is 23.3 Å². The zero-order valence-corrected chi connectivity index (χ0v) is 18.5. The Hall–Kier alpha value is -3.01. The fraction of sp³-hybridized carbons (Fsp3) is 0.308. The van der Waals surface area contributed by atoms with Crippen LogP contribution in [0.15, 0.2) is 70.3 Å². The topological polar surface area (TPSA) is 50.7 Å². The van der Waals surface area contributed by atoms with E-state index in [-0.39, 0.29) is 5.82 Å². The summed E-state index contributed by atoms with van der Waals surface area (Å²) in [6, 6.07) is 12.7. The number of nitrogens with zero attached hydrogens (tertiary/aromatic N) is 2. The summed E-state index contributed by atoms with van der Waals surface area (Å²) in [6.07, 6.45) is 9.35. The molecule has 4 heteroatoms. The van der Waals surface area contributed by atoms with Crippen LogP contribution < -0.4 is 5.73 Å². The fourth-order valence-corrected chi connectivity index (χ4v) is 3.22. The largest absolute Gasteiger partial charge is 0.398 e. The van der Waals surface area contributed by atoms with Gasteiger partial charge in [-0.1, -0.05) is 35.9 Å². The van der Waals surface area contributed by atoms with Gasteiger partial charge in [0, 0.05) is 23.2 Å². The van der Waals surface area contributed by atoms with E-state index in [0.29, 0.717) is 0 Å². The van der Waals surface area contributed by atoms with Gasteiger partial charge in [-0.05, 0) is 88.8 Å². The number of halogens is 1. The molecule has 0 heterocycles. The molecule has 0 aliphatic rings. The maximum Gasteiger partial charge on any atom is 0.125 e. The van der Waals surface area contributed by atoms with E-state index in [4.69, 9.17) is 5.73 Å². The zero-order chi connectivity index (χ0) is 21.9. The highest BCUT2D eigenvalue weighted by molar-refractivity contribution is 5.88. The van der Waals surface area contributed by atoms with Crippen LogP contribution in [0.1, 0.15) is 56.7 Å². The van der Waals surface area contributed by atoms with E-state index in [2.05, 4.69) is 29.1 Å². The zero-order valence-electron chi connectivity index (χ0n) is 18.5. The van der Waals surface area contributed by atoms with Gasteiger partial charge in [0.15, 0.2) is 0 Å². The molecule has 0 fully saturated rings. The molecule has 2 N–H and O–H groups in total. The lowest BCUT2D eigenvalue weighted by Crippen LogP contribution is -1.96. The van der Waals surface area contributed by atoms with Crippen molar-refractivity contribution in [2.45, 2.75) is 53.4 Å². The summed E-state index contributed by atoms with van der Waals surface area (Å²) in [5, 5.41) is 0. The molecule has 3 nitrogen and oxygen atoms in total. The average Bonchev–Trinajstić information content (AvgIpc) is 2.74. The first kappa shape index (κ1) is 23.3. The monoisotopic (exact) mass is 405 g/mol. The van der Waals surface area contributed by atoms with E-state index >= 15 is 0 Å². The summed E-state index contributed by atoms with van der Waals surface area (Å²) in [4.78, 5) is 9.11. The highest BCUT2D eigenvalue weighted by Gasteiger charge is 2.05. The molecule has 2 aromatic carbocycles. The quantitative estimate of drug-likeness (QED) is 0.289. The second kappa shape index (κ2) is 11.9. The fourth-order valence-electron chi connectivity index (χ4n) is 3.22. The number of hydrogen-bond donors (Lipinski definition) is 1. The number of aliphatic imine (C=N–C) groups is 2. The Morgan fingerprint density at radius 1 is 1.03 bits per heavy atom. The Morgan fingerprint density at radius 3 is 2.43 bits per heavy atom. The highest BCUT2D eigenvalue weighted by Crippen LogP contribution is 2.26. The van der Waals surface area contributed by atoms with Gasteiger partial charge in [0.25, 0.3) is 0 Å². The van der Waals surface area contributed by atoms with Gasteiger partial charge in [-0.25, -0.2) is 14.4 Å². The number of benzene rings is 2. The summed E-state index contributed by atoms with van der Waals surface area (Å²) in [7, 11) is 0. The Labute approximate surface area is 180 Å². The van der Waals surface area contributed by atoms with Gasteiger partial charge < -0.3 is 5.73 Å². The predicted octanol–water partition coefficient (Wildman–Crippen LogP) is 6.93. The minimum Gasteiger partial charge on any atom is -0.398 e.